The van der Waals surface area contributed by atoms with E-state index >= 15 is 0 Å². The molecule has 1 heteroatoms. The number of rotatable bonds is 1. The van der Waals surface area contributed by atoms with Gasteiger partial charge >= 0.3 is 0 Å². The molecular formula is C10H8O. The average molecular weight is 144 g/mol. The van der Waals surface area contributed by atoms with E-state index in [4.69, 9.17) is 6.42 Å². The van der Waals surface area contributed by atoms with Crippen molar-refractivity contribution in [2.24, 2.45) is 0 Å². The lowest BCUT2D eigenvalue weighted by Crippen LogP contribution is -1.93. The number of carbonyl (C=O) groups excluding carboxylic acids is 1. The van der Waals surface area contributed by atoms with E-state index in [0.29, 0.717) is 5.56 Å². The fourth-order valence-electron chi connectivity index (χ4n) is 0.870. The summed E-state index contributed by atoms with van der Waals surface area (Å²) < 4.78 is 0. The maximum Gasteiger partial charge on any atom is 0.235 e. The van der Waals surface area contributed by atoms with Crippen LogP contribution in [0.5, 0.6) is 0 Å². The van der Waals surface area contributed by atoms with Crippen LogP contribution in [0.25, 0.3) is 0 Å². The van der Waals surface area contributed by atoms with Crippen molar-refractivity contribution >= 4 is 5.78 Å². The van der Waals surface area contributed by atoms with E-state index in [2.05, 4.69) is 5.92 Å². The lowest BCUT2D eigenvalue weighted by atomic mass is 10.1. The van der Waals surface area contributed by atoms with Crippen LogP contribution in [0, 0.1) is 19.3 Å². The van der Waals surface area contributed by atoms with Crippen LogP contribution < -0.4 is 0 Å². The number of hydrogen-bond donors (Lipinski definition) is 0. The molecule has 0 aliphatic carbocycles. The molecule has 0 fully saturated rings. The van der Waals surface area contributed by atoms with Crippen LogP contribution in [0.2, 0.25) is 0 Å². The molecule has 0 N–H and O–H groups in total. The first-order chi connectivity index (χ1) is 5.24. The molecule has 0 saturated heterocycles. The highest BCUT2D eigenvalue weighted by molar-refractivity contribution is 6.08. The summed E-state index contributed by atoms with van der Waals surface area (Å²) in [5, 5.41) is 0. The second-order valence-corrected chi connectivity index (χ2v) is 2.34. The second-order valence-electron chi connectivity index (χ2n) is 2.34. The molecule has 0 aliphatic rings. The number of ketones is 1. The highest BCUT2D eigenvalue weighted by Crippen LogP contribution is 2.03. The zero-order valence-electron chi connectivity index (χ0n) is 6.29. The smallest absolute Gasteiger partial charge is 0.235 e. The molecule has 0 amide bonds. The van der Waals surface area contributed by atoms with Gasteiger partial charge in [-0.1, -0.05) is 23.8 Å². The number of aryl methyl sites for hydroxylation is 1. The Kier molecular flexibility index (Phi) is 2.08. The molecule has 0 saturated carbocycles. The molecule has 1 aromatic carbocycles. The van der Waals surface area contributed by atoms with Crippen LogP contribution in [0.15, 0.2) is 24.3 Å². The van der Waals surface area contributed by atoms with Crippen molar-refractivity contribution in [2.45, 2.75) is 6.92 Å². The van der Waals surface area contributed by atoms with Crippen molar-refractivity contribution in [3.05, 3.63) is 35.4 Å². The van der Waals surface area contributed by atoms with Gasteiger partial charge in [-0.3, -0.25) is 4.79 Å². The Labute approximate surface area is 66.1 Å². The molecule has 0 atom stereocenters. The van der Waals surface area contributed by atoms with Gasteiger partial charge in [0.1, 0.15) is 0 Å². The highest BCUT2D eigenvalue weighted by atomic mass is 16.1. The minimum atomic E-state index is -0.256. The highest BCUT2D eigenvalue weighted by Gasteiger charge is 1.99. The molecule has 1 aromatic rings. The molecule has 54 valence electrons. The topological polar surface area (TPSA) is 17.1 Å². The zero-order valence-corrected chi connectivity index (χ0v) is 6.29. The molecule has 0 aliphatic heterocycles. The molecule has 0 spiro atoms. The molecule has 1 rings (SSSR count). The van der Waals surface area contributed by atoms with Crippen LogP contribution in [-0.2, 0) is 0 Å². The third-order valence-electron chi connectivity index (χ3n) is 1.41. The Morgan fingerprint density at radius 3 is 2.82 bits per heavy atom. The zero-order chi connectivity index (χ0) is 8.27. The van der Waals surface area contributed by atoms with Gasteiger partial charge in [0.2, 0.25) is 5.78 Å². The van der Waals surface area contributed by atoms with Crippen molar-refractivity contribution in [1.82, 2.24) is 0 Å². The summed E-state index contributed by atoms with van der Waals surface area (Å²) in [5.41, 5.74) is 1.64. The Morgan fingerprint density at radius 1 is 1.55 bits per heavy atom. The van der Waals surface area contributed by atoms with E-state index in [9.17, 15) is 4.79 Å². The standard InChI is InChI=1S/C10H8O/c1-3-10(11)9-6-4-5-8(2)7-9/h1,4-7H,2H3. The summed E-state index contributed by atoms with van der Waals surface area (Å²) in [4.78, 5) is 10.9. The lowest BCUT2D eigenvalue weighted by molar-refractivity contribution is 0.105. The molecule has 0 radical (unpaired) electrons. The second kappa shape index (κ2) is 3.03. The van der Waals surface area contributed by atoms with Crippen LogP contribution in [-0.4, -0.2) is 5.78 Å². The van der Waals surface area contributed by atoms with E-state index in [1.54, 1.807) is 12.1 Å². The Balaban J connectivity index is 3.08. The van der Waals surface area contributed by atoms with Gasteiger partial charge in [0.15, 0.2) is 0 Å². The summed E-state index contributed by atoms with van der Waals surface area (Å²) in [5.74, 6) is 1.81. The Bertz CT molecular complexity index is 318. The van der Waals surface area contributed by atoms with E-state index in [1.165, 1.54) is 0 Å². The molecule has 0 aromatic heterocycles. The summed E-state index contributed by atoms with van der Waals surface area (Å²) in [6, 6.07) is 7.24. The van der Waals surface area contributed by atoms with Gasteiger partial charge in [0, 0.05) is 5.56 Å². The number of carbonyl (C=O) groups is 1. The van der Waals surface area contributed by atoms with Gasteiger partial charge < -0.3 is 0 Å². The number of terminal acetylenes is 1. The molecule has 0 heterocycles. The first-order valence-corrected chi connectivity index (χ1v) is 3.31. The van der Waals surface area contributed by atoms with Crippen LogP contribution >= 0.6 is 0 Å². The fraction of sp³-hybridized carbons (Fsp3) is 0.100. The summed E-state index contributed by atoms with van der Waals surface area (Å²) in [6.45, 7) is 1.92. The van der Waals surface area contributed by atoms with Crippen molar-refractivity contribution < 1.29 is 4.79 Å². The van der Waals surface area contributed by atoms with Crippen molar-refractivity contribution in [1.29, 1.82) is 0 Å². The first-order valence-electron chi connectivity index (χ1n) is 3.31. The van der Waals surface area contributed by atoms with Crippen LogP contribution in [0.1, 0.15) is 15.9 Å². The van der Waals surface area contributed by atoms with Crippen LogP contribution in [0.3, 0.4) is 0 Å². The predicted molar refractivity (Wildman–Crippen MR) is 44.3 cm³/mol. The van der Waals surface area contributed by atoms with Gasteiger partial charge in [-0.2, -0.15) is 0 Å². The molecule has 0 bridgehead atoms. The first kappa shape index (κ1) is 7.56. The maximum absolute atomic E-state index is 10.9. The van der Waals surface area contributed by atoms with E-state index in [0.717, 1.165) is 5.56 Å². The van der Waals surface area contributed by atoms with E-state index in [-0.39, 0.29) is 5.78 Å². The van der Waals surface area contributed by atoms with E-state index in [1.807, 2.05) is 19.1 Å². The summed E-state index contributed by atoms with van der Waals surface area (Å²) in [6.07, 6.45) is 4.95. The van der Waals surface area contributed by atoms with Gasteiger partial charge in [0.05, 0.1) is 0 Å². The SMILES string of the molecule is C#CC(=O)c1cccc(C)c1. The van der Waals surface area contributed by atoms with Crippen molar-refractivity contribution in [2.75, 3.05) is 0 Å². The normalized spacial score (nSPS) is 8.73. The van der Waals surface area contributed by atoms with Crippen molar-refractivity contribution in [3.8, 4) is 12.3 Å². The summed E-state index contributed by atoms with van der Waals surface area (Å²) in [7, 11) is 0. The third-order valence-corrected chi connectivity index (χ3v) is 1.41. The maximum atomic E-state index is 10.9. The van der Waals surface area contributed by atoms with Crippen LogP contribution in [0.4, 0.5) is 0 Å². The number of benzene rings is 1. The van der Waals surface area contributed by atoms with E-state index < -0.39 is 0 Å². The van der Waals surface area contributed by atoms with Gasteiger partial charge in [0.25, 0.3) is 0 Å². The molecule has 11 heavy (non-hydrogen) atoms. The quantitative estimate of drug-likeness (QED) is 0.334. The van der Waals surface area contributed by atoms with Gasteiger partial charge in [-0.25, -0.2) is 0 Å². The van der Waals surface area contributed by atoms with Gasteiger partial charge in [-0.05, 0) is 18.9 Å². The molecule has 0 unspecified atom stereocenters. The third kappa shape index (κ3) is 1.68. The average Bonchev–Trinajstić information content (AvgIpc) is 2.03. The number of hydrogen-bond acceptors (Lipinski definition) is 1. The fourth-order valence-corrected chi connectivity index (χ4v) is 0.870. The molecular weight excluding hydrogens is 136 g/mol. The Morgan fingerprint density at radius 2 is 2.27 bits per heavy atom. The predicted octanol–water partition coefficient (Wildman–Crippen LogP) is 1.81. The lowest BCUT2D eigenvalue weighted by Gasteiger charge is -1.94. The van der Waals surface area contributed by atoms with Crippen molar-refractivity contribution in [3.63, 3.8) is 0 Å². The van der Waals surface area contributed by atoms with Gasteiger partial charge in [-0.15, -0.1) is 6.42 Å². The monoisotopic (exact) mass is 144 g/mol. The minimum absolute atomic E-state index is 0.256. The minimum Gasteiger partial charge on any atom is -0.279 e. The molecule has 1 nitrogen and oxygen atoms in total. The largest absolute Gasteiger partial charge is 0.279 e. The Hall–Kier alpha value is -1.55. The number of Topliss-reactive ketones (excluding diaryl/α,β-unsaturated/α-hetero) is 1. The summed E-state index contributed by atoms with van der Waals surface area (Å²) >= 11 is 0.